The minimum Gasteiger partial charge on any atom is -0.381 e. The van der Waals surface area contributed by atoms with Gasteiger partial charge in [-0.05, 0) is 44.4 Å². The first-order valence-corrected chi connectivity index (χ1v) is 6.96. The molecule has 1 aliphatic heterocycles. The van der Waals surface area contributed by atoms with Crippen molar-refractivity contribution in [2.24, 2.45) is 5.92 Å². The van der Waals surface area contributed by atoms with Crippen molar-refractivity contribution in [3.8, 4) is 0 Å². The van der Waals surface area contributed by atoms with Crippen LogP contribution in [0.25, 0.3) is 0 Å². The van der Waals surface area contributed by atoms with E-state index in [9.17, 15) is 0 Å². The normalized spacial score (nSPS) is 22.5. The Morgan fingerprint density at radius 2 is 2.50 bits per heavy atom. The maximum Gasteiger partial charge on any atom is 0.0931 e. The van der Waals surface area contributed by atoms with Crippen LogP contribution in [0.15, 0.2) is 12.1 Å². The summed E-state index contributed by atoms with van der Waals surface area (Å²) >= 11 is 7.62. The number of hydrogen-bond donors (Lipinski definition) is 1. The maximum absolute atomic E-state index is 5.94. The van der Waals surface area contributed by atoms with Crippen LogP contribution in [0.1, 0.15) is 17.7 Å². The van der Waals surface area contributed by atoms with Gasteiger partial charge in [0.15, 0.2) is 0 Å². The van der Waals surface area contributed by atoms with Gasteiger partial charge in [-0.15, -0.1) is 11.3 Å². The topological polar surface area (TPSA) is 21.3 Å². The van der Waals surface area contributed by atoms with Gasteiger partial charge in [-0.25, -0.2) is 0 Å². The molecule has 0 aromatic carbocycles. The van der Waals surface area contributed by atoms with E-state index in [1.165, 1.54) is 17.7 Å². The van der Waals surface area contributed by atoms with Gasteiger partial charge in [-0.2, -0.15) is 0 Å². The second-order valence-electron chi connectivity index (χ2n) is 4.36. The average molecular weight is 260 g/mol. The summed E-state index contributed by atoms with van der Waals surface area (Å²) in [7, 11) is 2.04. The molecular formula is C12H18ClNOS. The highest BCUT2D eigenvalue weighted by Crippen LogP contribution is 2.25. The van der Waals surface area contributed by atoms with Gasteiger partial charge in [0.25, 0.3) is 0 Å². The van der Waals surface area contributed by atoms with E-state index in [4.69, 9.17) is 16.3 Å². The second kappa shape index (κ2) is 6.01. The number of nitrogens with one attached hydrogen (secondary N) is 1. The predicted molar refractivity (Wildman–Crippen MR) is 69.4 cm³/mol. The zero-order chi connectivity index (χ0) is 11.4. The molecule has 90 valence electrons. The molecule has 2 unspecified atom stereocenters. The third-order valence-corrected chi connectivity index (χ3v) is 4.38. The Hall–Kier alpha value is -0.0900. The minimum atomic E-state index is 0.543. The van der Waals surface area contributed by atoms with Crippen molar-refractivity contribution in [2.45, 2.75) is 25.3 Å². The molecule has 1 aliphatic rings. The molecule has 0 saturated carbocycles. The summed E-state index contributed by atoms with van der Waals surface area (Å²) in [6.45, 7) is 1.87. The molecule has 0 amide bonds. The molecule has 2 atom stereocenters. The van der Waals surface area contributed by atoms with E-state index in [0.717, 1.165) is 29.9 Å². The lowest BCUT2D eigenvalue weighted by molar-refractivity contribution is 0.181. The smallest absolute Gasteiger partial charge is 0.0931 e. The van der Waals surface area contributed by atoms with Gasteiger partial charge in [0.1, 0.15) is 0 Å². The largest absolute Gasteiger partial charge is 0.381 e. The highest BCUT2D eigenvalue weighted by atomic mass is 35.5. The monoisotopic (exact) mass is 259 g/mol. The zero-order valence-corrected chi connectivity index (χ0v) is 11.1. The van der Waals surface area contributed by atoms with Crippen LogP contribution in [-0.4, -0.2) is 26.3 Å². The predicted octanol–water partition coefficient (Wildman–Crippen LogP) is 2.96. The van der Waals surface area contributed by atoms with E-state index in [1.54, 1.807) is 11.3 Å². The van der Waals surface area contributed by atoms with Crippen molar-refractivity contribution in [3.63, 3.8) is 0 Å². The molecule has 1 saturated heterocycles. The molecule has 1 aromatic rings. The lowest BCUT2D eigenvalue weighted by atomic mass is 9.97. The molecule has 16 heavy (non-hydrogen) atoms. The van der Waals surface area contributed by atoms with E-state index < -0.39 is 0 Å². The minimum absolute atomic E-state index is 0.543. The third-order valence-electron chi connectivity index (χ3n) is 3.13. The molecule has 0 bridgehead atoms. The van der Waals surface area contributed by atoms with Crippen molar-refractivity contribution in [1.29, 1.82) is 0 Å². The van der Waals surface area contributed by atoms with Crippen molar-refractivity contribution in [2.75, 3.05) is 20.3 Å². The lowest BCUT2D eigenvalue weighted by Crippen LogP contribution is -2.30. The molecule has 0 radical (unpaired) electrons. The summed E-state index contributed by atoms with van der Waals surface area (Å²) in [5.41, 5.74) is 0. The van der Waals surface area contributed by atoms with Crippen LogP contribution in [0, 0.1) is 5.92 Å². The fraction of sp³-hybridized carbons (Fsp3) is 0.667. The highest BCUT2D eigenvalue weighted by molar-refractivity contribution is 7.16. The molecular weight excluding hydrogens is 242 g/mol. The summed E-state index contributed by atoms with van der Waals surface area (Å²) in [5.74, 6) is 0.730. The van der Waals surface area contributed by atoms with Crippen molar-refractivity contribution in [1.82, 2.24) is 5.32 Å². The fourth-order valence-electron chi connectivity index (χ4n) is 2.18. The Kier molecular flexibility index (Phi) is 4.65. The van der Waals surface area contributed by atoms with Gasteiger partial charge in [0, 0.05) is 24.1 Å². The van der Waals surface area contributed by atoms with Crippen LogP contribution >= 0.6 is 22.9 Å². The Bertz CT molecular complexity index is 323. The van der Waals surface area contributed by atoms with Crippen LogP contribution in [0.5, 0.6) is 0 Å². The lowest BCUT2D eigenvalue weighted by Gasteiger charge is -2.18. The van der Waals surface area contributed by atoms with Crippen LogP contribution < -0.4 is 5.32 Å². The van der Waals surface area contributed by atoms with Crippen LogP contribution in [0.2, 0.25) is 4.34 Å². The molecule has 2 heterocycles. The number of hydrogen-bond acceptors (Lipinski definition) is 3. The van der Waals surface area contributed by atoms with Crippen molar-refractivity contribution < 1.29 is 4.74 Å². The van der Waals surface area contributed by atoms with Crippen molar-refractivity contribution >= 4 is 22.9 Å². The van der Waals surface area contributed by atoms with E-state index >= 15 is 0 Å². The molecule has 1 N–H and O–H groups in total. The van der Waals surface area contributed by atoms with Crippen LogP contribution in [0.3, 0.4) is 0 Å². The summed E-state index contributed by atoms with van der Waals surface area (Å²) in [6.07, 6.45) is 3.49. The molecule has 1 fully saturated rings. The van der Waals surface area contributed by atoms with Gasteiger partial charge in [-0.1, -0.05) is 11.6 Å². The molecule has 0 spiro atoms. The first-order valence-electron chi connectivity index (χ1n) is 5.77. The van der Waals surface area contributed by atoms with Crippen LogP contribution in [-0.2, 0) is 11.2 Å². The Balaban J connectivity index is 1.84. The SMILES string of the molecule is CNC(Cc1ccc(Cl)s1)CC1CCOC1. The third kappa shape index (κ3) is 3.45. The summed E-state index contributed by atoms with van der Waals surface area (Å²) in [4.78, 5) is 1.36. The number of likely N-dealkylation sites (N-methyl/N-ethyl adjacent to an activating group) is 1. The Morgan fingerprint density at radius 3 is 3.06 bits per heavy atom. The van der Waals surface area contributed by atoms with Gasteiger partial charge in [-0.3, -0.25) is 0 Å². The maximum atomic E-state index is 5.94. The molecule has 0 aliphatic carbocycles. The zero-order valence-electron chi connectivity index (χ0n) is 9.54. The molecule has 2 nitrogen and oxygen atoms in total. The second-order valence-corrected chi connectivity index (χ2v) is 6.16. The number of ether oxygens (including phenoxy) is 1. The first kappa shape index (κ1) is 12.4. The molecule has 2 rings (SSSR count). The summed E-state index contributed by atoms with van der Waals surface area (Å²) in [6, 6.07) is 4.65. The number of rotatable bonds is 5. The van der Waals surface area contributed by atoms with Gasteiger partial charge < -0.3 is 10.1 Å². The quantitative estimate of drug-likeness (QED) is 0.878. The van der Waals surface area contributed by atoms with Gasteiger partial charge in [0.2, 0.25) is 0 Å². The summed E-state index contributed by atoms with van der Waals surface area (Å²) in [5, 5.41) is 3.39. The van der Waals surface area contributed by atoms with Crippen LogP contribution in [0.4, 0.5) is 0 Å². The van der Waals surface area contributed by atoms with E-state index in [0.29, 0.717) is 6.04 Å². The highest BCUT2D eigenvalue weighted by Gasteiger charge is 2.20. The number of thiophene rings is 1. The average Bonchev–Trinajstić information content (AvgIpc) is 2.89. The van der Waals surface area contributed by atoms with Crippen molar-refractivity contribution in [3.05, 3.63) is 21.3 Å². The van der Waals surface area contributed by atoms with E-state index in [1.807, 2.05) is 13.1 Å². The standard InChI is InChI=1S/C12H18ClNOS/c1-14-10(6-9-4-5-15-8-9)7-11-2-3-12(13)16-11/h2-3,9-10,14H,4-8H2,1H3. The van der Waals surface area contributed by atoms with Gasteiger partial charge in [0.05, 0.1) is 4.34 Å². The number of halogens is 1. The van der Waals surface area contributed by atoms with E-state index in [2.05, 4.69) is 11.4 Å². The fourth-order valence-corrected chi connectivity index (χ4v) is 3.35. The molecule has 1 aromatic heterocycles. The first-order chi connectivity index (χ1) is 7.78. The Morgan fingerprint density at radius 1 is 1.62 bits per heavy atom. The molecule has 4 heteroatoms. The van der Waals surface area contributed by atoms with E-state index in [-0.39, 0.29) is 0 Å². The Labute approximate surface area is 106 Å². The van der Waals surface area contributed by atoms with Gasteiger partial charge >= 0.3 is 0 Å². The summed E-state index contributed by atoms with van der Waals surface area (Å²) < 4.78 is 6.29.